The van der Waals surface area contributed by atoms with Crippen LogP contribution in [0.2, 0.25) is 10.0 Å². The van der Waals surface area contributed by atoms with E-state index in [4.69, 9.17) is 27.9 Å². The zero-order chi connectivity index (χ0) is 16.8. The van der Waals surface area contributed by atoms with Crippen LogP contribution in [0.4, 0.5) is 16.2 Å². The number of benzene rings is 2. The number of carbonyl (C=O) groups excluding carboxylic acids is 2. The lowest BCUT2D eigenvalue weighted by atomic mass is 10.2. The molecule has 120 valence electrons. The summed E-state index contributed by atoms with van der Waals surface area (Å²) in [6.45, 7) is 2.00. The summed E-state index contributed by atoms with van der Waals surface area (Å²) in [6, 6.07) is 11.2. The summed E-state index contributed by atoms with van der Waals surface area (Å²) in [7, 11) is 0. The maximum Gasteiger partial charge on any atom is 0.411 e. The second-order valence-electron chi connectivity index (χ2n) is 4.54. The highest BCUT2D eigenvalue weighted by Gasteiger charge is 2.08. The number of hydrogen-bond acceptors (Lipinski definition) is 3. The van der Waals surface area contributed by atoms with Gasteiger partial charge in [0.05, 0.1) is 6.61 Å². The maximum absolute atomic E-state index is 12.2. The van der Waals surface area contributed by atoms with Crippen LogP contribution in [0.5, 0.6) is 0 Å². The predicted molar refractivity (Wildman–Crippen MR) is 91.5 cm³/mol. The van der Waals surface area contributed by atoms with E-state index in [1.807, 2.05) is 0 Å². The standard InChI is InChI=1S/C16H14Cl2N2O3/c1-2-23-16(22)20-13-5-3-10(4-6-13)15(21)19-14-8-11(17)7-12(18)9-14/h3-9H,2H2,1H3,(H,19,21)(H,20,22). The first-order chi connectivity index (χ1) is 11.0. The highest BCUT2D eigenvalue weighted by molar-refractivity contribution is 6.35. The van der Waals surface area contributed by atoms with Crippen molar-refractivity contribution in [3.05, 3.63) is 58.1 Å². The molecule has 0 fully saturated rings. The summed E-state index contributed by atoms with van der Waals surface area (Å²) in [5.41, 5.74) is 1.46. The molecule has 23 heavy (non-hydrogen) atoms. The van der Waals surface area contributed by atoms with Crippen molar-refractivity contribution in [3.63, 3.8) is 0 Å². The Balaban J connectivity index is 2.03. The van der Waals surface area contributed by atoms with Gasteiger partial charge in [0.2, 0.25) is 0 Å². The molecule has 2 amide bonds. The molecular weight excluding hydrogens is 339 g/mol. The largest absolute Gasteiger partial charge is 0.450 e. The van der Waals surface area contributed by atoms with Crippen LogP contribution in [-0.4, -0.2) is 18.6 Å². The van der Waals surface area contributed by atoms with Gasteiger partial charge in [-0.25, -0.2) is 4.79 Å². The minimum absolute atomic E-state index is 0.286. The highest BCUT2D eigenvalue weighted by Crippen LogP contribution is 2.23. The van der Waals surface area contributed by atoms with E-state index in [1.54, 1.807) is 49.4 Å². The molecule has 0 atom stereocenters. The summed E-state index contributed by atoms with van der Waals surface area (Å²) in [4.78, 5) is 23.5. The molecule has 0 radical (unpaired) electrons. The molecule has 0 aliphatic carbocycles. The average Bonchev–Trinajstić information content (AvgIpc) is 2.47. The molecule has 2 aromatic rings. The Morgan fingerprint density at radius 3 is 2.13 bits per heavy atom. The quantitative estimate of drug-likeness (QED) is 0.829. The first kappa shape index (κ1) is 17.1. The molecule has 0 aliphatic rings. The predicted octanol–water partition coefficient (Wildman–Crippen LogP) is 4.81. The first-order valence-electron chi connectivity index (χ1n) is 6.79. The molecule has 2 N–H and O–H groups in total. The lowest BCUT2D eigenvalue weighted by molar-refractivity contribution is 0.102. The van der Waals surface area contributed by atoms with E-state index in [9.17, 15) is 9.59 Å². The molecule has 0 unspecified atom stereocenters. The zero-order valence-electron chi connectivity index (χ0n) is 12.2. The van der Waals surface area contributed by atoms with Gasteiger partial charge < -0.3 is 10.1 Å². The number of amides is 2. The summed E-state index contributed by atoms with van der Waals surface area (Å²) in [5, 5.41) is 6.11. The van der Waals surface area contributed by atoms with Crippen molar-refractivity contribution in [1.29, 1.82) is 0 Å². The zero-order valence-corrected chi connectivity index (χ0v) is 13.7. The van der Waals surface area contributed by atoms with Crippen molar-refractivity contribution >= 4 is 46.6 Å². The van der Waals surface area contributed by atoms with Crippen LogP contribution in [0.1, 0.15) is 17.3 Å². The lowest BCUT2D eigenvalue weighted by Crippen LogP contribution is -2.14. The highest BCUT2D eigenvalue weighted by atomic mass is 35.5. The third-order valence-corrected chi connectivity index (χ3v) is 3.23. The van der Waals surface area contributed by atoms with Crippen molar-refractivity contribution in [3.8, 4) is 0 Å². The van der Waals surface area contributed by atoms with Gasteiger partial charge in [0.1, 0.15) is 0 Å². The van der Waals surface area contributed by atoms with Crippen LogP contribution < -0.4 is 10.6 Å². The van der Waals surface area contributed by atoms with Gasteiger partial charge in [0, 0.05) is 27.0 Å². The fraction of sp³-hybridized carbons (Fsp3) is 0.125. The normalized spacial score (nSPS) is 10.0. The van der Waals surface area contributed by atoms with Crippen LogP contribution in [0.25, 0.3) is 0 Å². The molecule has 0 saturated heterocycles. The van der Waals surface area contributed by atoms with Crippen LogP contribution >= 0.6 is 23.2 Å². The van der Waals surface area contributed by atoms with E-state index in [0.717, 1.165) is 0 Å². The van der Waals surface area contributed by atoms with E-state index in [2.05, 4.69) is 10.6 Å². The SMILES string of the molecule is CCOC(=O)Nc1ccc(C(=O)Nc2cc(Cl)cc(Cl)c2)cc1. The second-order valence-corrected chi connectivity index (χ2v) is 5.41. The van der Waals surface area contributed by atoms with E-state index in [1.165, 1.54) is 0 Å². The topological polar surface area (TPSA) is 67.4 Å². The number of carbonyl (C=O) groups is 2. The van der Waals surface area contributed by atoms with E-state index < -0.39 is 6.09 Å². The van der Waals surface area contributed by atoms with E-state index >= 15 is 0 Å². The Morgan fingerprint density at radius 1 is 0.957 bits per heavy atom. The van der Waals surface area contributed by atoms with Crippen molar-refractivity contribution in [1.82, 2.24) is 0 Å². The third kappa shape index (κ3) is 5.16. The van der Waals surface area contributed by atoms with Gasteiger partial charge in [0.25, 0.3) is 5.91 Å². The monoisotopic (exact) mass is 352 g/mol. The average molecular weight is 353 g/mol. The van der Waals surface area contributed by atoms with E-state index in [0.29, 0.717) is 27.0 Å². The first-order valence-corrected chi connectivity index (χ1v) is 7.55. The van der Waals surface area contributed by atoms with E-state index in [-0.39, 0.29) is 12.5 Å². The third-order valence-electron chi connectivity index (χ3n) is 2.79. The Labute approximate surface area is 143 Å². The summed E-state index contributed by atoms with van der Waals surface area (Å²) < 4.78 is 4.77. The molecule has 0 saturated carbocycles. The smallest absolute Gasteiger partial charge is 0.411 e. The number of anilines is 2. The molecular formula is C16H14Cl2N2O3. The summed E-state index contributed by atoms with van der Waals surface area (Å²) >= 11 is 11.8. The molecule has 5 nitrogen and oxygen atoms in total. The molecule has 0 spiro atoms. The Kier molecular flexibility index (Phi) is 5.84. The number of nitrogens with one attached hydrogen (secondary N) is 2. The molecule has 0 aliphatic heterocycles. The molecule has 7 heteroatoms. The van der Waals surface area contributed by atoms with Crippen molar-refractivity contribution in [2.24, 2.45) is 0 Å². The van der Waals surface area contributed by atoms with Gasteiger partial charge in [-0.2, -0.15) is 0 Å². The van der Waals surface area contributed by atoms with Crippen LogP contribution in [0, 0.1) is 0 Å². The van der Waals surface area contributed by atoms with Crippen molar-refractivity contribution in [2.45, 2.75) is 6.92 Å². The maximum atomic E-state index is 12.2. The second kappa shape index (κ2) is 7.85. The van der Waals surface area contributed by atoms with Gasteiger partial charge in [-0.1, -0.05) is 23.2 Å². The fourth-order valence-electron chi connectivity index (χ4n) is 1.82. The molecule has 0 bridgehead atoms. The molecule has 0 heterocycles. The van der Waals surface area contributed by atoms with Crippen molar-refractivity contribution < 1.29 is 14.3 Å². The Hall–Kier alpha value is -2.24. The van der Waals surface area contributed by atoms with Crippen LogP contribution in [0.3, 0.4) is 0 Å². The minimum Gasteiger partial charge on any atom is -0.450 e. The number of rotatable bonds is 4. The summed E-state index contributed by atoms with van der Waals surface area (Å²) in [6.07, 6.45) is -0.543. The summed E-state index contributed by atoms with van der Waals surface area (Å²) in [5.74, 6) is -0.314. The Morgan fingerprint density at radius 2 is 1.57 bits per heavy atom. The fourth-order valence-corrected chi connectivity index (χ4v) is 2.35. The van der Waals surface area contributed by atoms with Gasteiger partial charge in [-0.3, -0.25) is 10.1 Å². The molecule has 2 rings (SSSR count). The van der Waals surface area contributed by atoms with Gasteiger partial charge in [-0.15, -0.1) is 0 Å². The Bertz CT molecular complexity index is 698. The molecule has 0 aromatic heterocycles. The van der Waals surface area contributed by atoms with Gasteiger partial charge in [-0.05, 0) is 49.4 Å². The van der Waals surface area contributed by atoms with Crippen LogP contribution in [-0.2, 0) is 4.74 Å². The lowest BCUT2D eigenvalue weighted by Gasteiger charge is -2.08. The molecule has 2 aromatic carbocycles. The van der Waals surface area contributed by atoms with Crippen molar-refractivity contribution in [2.75, 3.05) is 17.2 Å². The van der Waals surface area contributed by atoms with Crippen LogP contribution in [0.15, 0.2) is 42.5 Å². The van der Waals surface area contributed by atoms with Gasteiger partial charge in [0.15, 0.2) is 0 Å². The van der Waals surface area contributed by atoms with Gasteiger partial charge >= 0.3 is 6.09 Å². The number of hydrogen-bond donors (Lipinski definition) is 2. The number of halogens is 2. The minimum atomic E-state index is -0.543. The number of ether oxygens (including phenoxy) is 1.